The van der Waals surface area contributed by atoms with E-state index in [9.17, 15) is 4.39 Å². The van der Waals surface area contributed by atoms with Crippen molar-refractivity contribution in [3.05, 3.63) is 57.0 Å². The number of hydrogen-bond donors (Lipinski definition) is 1. The summed E-state index contributed by atoms with van der Waals surface area (Å²) in [5, 5.41) is 0. The highest BCUT2D eigenvalue weighted by Gasteiger charge is 2.13. The molecular weight excluding hydrogens is 245 g/mol. The number of aryl methyl sites for hydroxylation is 2. The average Bonchev–Trinajstić information content (AvgIpc) is 2.80. The van der Waals surface area contributed by atoms with Gasteiger partial charge in [-0.3, -0.25) is 0 Å². The second kappa shape index (κ2) is 5.63. The second-order valence-corrected chi connectivity index (χ2v) is 5.81. The Morgan fingerprint density at radius 3 is 2.61 bits per heavy atom. The van der Waals surface area contributed by atoms with Crippen LogP contribution in [0.15, 0.2) is 30.3 Å². The Hall–Kier alpha value is -1.19. The van der Waals surface area contributed by atoms with Gasteiger partial charge in [-0.25, -0.2) is 4.39 Å². The molecule has 1 heterocycles. The third kappa shape index (κ3) is 2.98. The van der Waals surface area contributed by atoms with Gasteiger partial charge in [0.1, 0.15) is 5.82 Å². The zero-order chi connectivity index (χ0) is 13.1. The van der Waals surface area contributed by atoms with Crippen LogP contribution in [0, 0.1) is 12.7 Å². The van der Waals surface area contributed by atoms with Crippen molar-refractivity contribution < 1.29 is 4.39 Å². The van der Waals surface area contributed by atoms with Crippen LogP contribution in [0.5, 0.6) is 0 Å². The first-order chi connectivity index (χ1) is 8.60. The Morgan fingerprint density at radius 2 is 1.94 bits per heavy atom. The third-order valence-electron chi connectivity index (χ3n) is 3.04. The maximum atomic E-state index is 13.7. The first-order valence-corrected chi connectivity index (χ1v) is 7.01. The van der Waals surface area contributed by atoms with Crippen LogP contribution in [0.2, 0.25) is 0 Å². The molecule has 1 atom stereocenters. The molecule has 1 nitrogen and oxygen atoms in total. The van der Waals surface area contributed by atoms with Gasteiger partial charge in [0.15, 0.2) is 0 Å². The highest BCUT2D eigenvalue weighted by molar-refractivity contribution is 7.11. The smallest absolute Gasteiger partial charge is 0.128 e. The largest absolute Gasteiger partial charge is 0.324 e. The van der Waals surface area contributed by atoms with Crippen LogP contribution in [-0.4, -0.2) is 0 Å². The number of nitrogens with two attached hydrogens (primary N) is 1. The highest BCUT2D eigenvalue weighted by Crippen LogP contribution is 2.24. The van der Waals surface area contributed by atoms with Crippen molar-refractivity contribution in [2.45, 2.75) is 32.7 Å². The topological polar surface area (TPSA) is 26.0 Å². The minimum atomic E-state index is -0.270. The van der Waals surface area contributed by atoms with E-state index in [0.29, 0.717) is 12.0 Å². The lowest BCUT2D eigenvalue weighted by atomic mass is 10.0. The molecule has 0 amide bonds. The molecular formula is C15H18FNS. The monoisotopic (exact) mass is 263 g/mol. The van der Waals surface area contributed by atoms with Gasteiger partial charge in [0.05, 0.1) is 0 Å². The van der Waals surface area contributed by atoms with Crippen LogP contribution >= 0.6 is 11.3 Å². The van der Waals surface area contributed by atoms with E-state index >= 15 is 0 Å². The van der Waals surface area contributed by atoms with E-state index in [-0.39, 0.29) is 11.9 Å². The fourth-order valence-electron chi connectivity index (χ4n) is 2.00. The molecule has 3 heteroatoms. The fraction of sp³-hybridized carbons (Fsp3) is 0.333. The summed E-state index contributed by atoms with van der Waals surface area (Å²) in [5.74, 6) is -0.208. The minimum Gasteiger partial charge on any atom is -0.324 e. The number of benzene rings is 1. The lowest BCUT2D eigenvalue weighted by Gasteiger charge is -2.12. The summed E-state index contributed by atoms with van der Waals surface area (Å²) in [5.41, 5.74) is 7.77. The van der Waals surface area contributed by atoms with Crippen LogP contribution in [0.4, 0.5) is 4.39 Å². The summed E-state index contributed by atoms with van der Waals surface area (Å²) in [6.45, 7) is 4.09. The van der Waals surface area contributed by atoms with Crippen molar-refractivity contribution in [3.63, 3.8) is 0 Å². The van der Waals surface area contributed by atoms with Crippen molar-refractivity contribution in [2.24, 2.45) is 5.73 Å². The molecule has 0 saturated carbocycles. The molecule has 18 heavy (non-hydrogen) atoms. The van der Waals surface area contributed by atoms with Crippen molar-refractivity contribution in [3.8, 4) is 0 Å². The SMILES string of the molecule is CCc1ccc(CC(N)c2cc(C)ccc2F)s1. The summed E-state index contributed by atoms with van der Waals surface area (Å²) in [4.78, 5) is 2.57. The Balaban J connectivity index is 2.16. The molecule has 0 radical (unpaired) electrons. The molecule has 0 saturated heterocycles. The van der Waals surface area contributed by atoms with Crippen LogP contribution < -0.4 is 5.73 Å². The Morgan fingerprint density at radius 1 is 1.22 bits per heavy atom. The lowest BCUT2D eigenvalue weighted by Crippen LogP contribution is -2.14. The first kappa shape index (κ1) is 13.2. The van der Waals surface area contributed by atoms with E-state index in [1.165, 1.54) is 15.8 Å². The molecule has 0 aliphatic rings. The van der Waals surface area contributed by atoms with Crippen LogP contribution in [0.25, 0.3) is 0 Å². The van der Waals surface area contributed by atoms with Crippen molar-refractivity contribution in [1.82, 2.24) is 0 Å². The molecule has 1 aromatic carbocycles. The first-order valence-electron chi connectivity index (χ1n) is 6.19. The van der Waals surface area contributed by atoms with Gasteiger partial charge in [-0.2, -0.15) is 0 Å². The molecule has 2 N–H and O–H groups in total. The Bertz CT molecular complexity index is 533. The summed E-state index contributed by atoms with van der Waals surface area (Å²) < 4.78 is 13.7. The molecule has 2 rings (SSSR count). The number of rotatable bonds is 4. The van der Waals surface area contributed by atoms with Gasteiger partial charge in [0, 0.05) is 27.8 Å². The summed E-state index contributed by atoms with van der Waals surface area (Å²) in [6.07, 6.45) is 1.74. The molecule has 0 fully saturated rings. The average molecular weight is 263 g/mol. The van der Waals surface area contributed by atoms with Crippen molar-refractivity contribution in [2.75, 3.05) is 0 Å². The number of thiophene rings is 1. The molecule has 0 aliphatic heterocycles. The molecule has 0 spiro atoms. The van der Waals surface area contributed by atoms with Gasteiger partial charge in [0.25, 0.3) is 0 Å². The molecule has 96 valence electrons. The Kier molecular flexibility index (Phi) is 4.15. The van der Waals surface area contributed by atoms with Gasteiger partial charge in [0.2, 0.25) is 0 Å². The quantitative estimate of drug-likeness (QED) is 0.886. The van der Waals surface area contributed by atoms with Crippen LogP contribution in [0.1, 0.15) is 33.8 Å². The highest BCUT2D eigenvalue weighted by atomic mass is 32.1. The van der Waals surface area contributed by atoms with Gasteiger partial charge in [-0.1, -0.05) is 24.6 Å². The van der Waals surface area contributed by atoms with E-state index < -0.39 is 0 Å². The predicted molar refractivity (Wildman–Crippen MR) is 75.5 cm³/mol. The van der Waals surface area contributed by atoms with Crippen molar-refractivity contribution in [1.29, 1.82) is 0 Å². The summed E-state index contributed by atoms with van der Waals surface area (Å²) >= 11 is 1.76. The van der Waals surface area contributed by atoms with E-state index in [4.69, 9.17) is 5.73 Å². The molecule has 0 bridgehead atoms. The van der Waals surface area contributed by atoms with Crippen molar-refractivity contribution >= 4 is 11.3 Å². The summed E-state index contributed by atoms with van der Waals surface area (Å²) in [7, 11) is 0. The Labute approximate surface area is 111 Å². The van der Waals surface area contributed by atoms with E-state index in [1.54, 1.807) is 17.4 Å². The molecule has 0 aliphatic carbocycles. The van der Waals surface area contributed by atoms with Crippen LogP contribution in [0.3, 0.4) is 0 Å². The molecule has 1 aromatic heterocycles. The normalized spacial score (nSPS) is 12.7. The van der Waals surface area contributed by atoms with Gasteiger partial charge in [-0.05, 0) is 31.5 Å². The van der Waals surface area contributed by atoms with Gasteiger partial charge < -0.3 is 5.73 Å². The van der Waals surface area contributed by atoms with Gasteiger partial charge in [-0.15, -0.1) is 11.3 Å². The molecule has 2 aromatic rings. The van der Waals surface area contributed by atoms with Gasteiger partial charge >= 0.3 is 0 Å². The zero-order valence-electron chi connectivity index (χ0n) is 10.7. The number of hydrogen-bond acceptors (Lipinski definition) is 2. The van der Waals surface area contributed by atoms with E-state index in [0.717, 1.165) is 12.0 Å². The minimum absolute atomic E-state index is 0.208. The predicted octanol–water partition coefficient (Wildman–Crippen LogP) is 4.00. The molecule has 1 unspecified atom stereocenters. The van der Waals surface area contributed by atoms with E-state index in [2.05, 4.69) is 19.1 Å². The maximum absolute atomic E-state index is 13.7. The lowest BCUT2D eigenvalue weighted by molar-refractivity contribution is 0.581. The fourth-order valence-corrected chi connectivity index (χ4v) is 3.01. The maximum Gasteiger partial charge on any atom is 0.128 e. The summed E-state index contributed by atoms with van der Waals surface area (Å²) in [6, 6.07) is 9.06. The van der Waals surface area contributed by atoms with Crippen LogP contribution in [-0.2, 0) is 12.8 Å². The second-order valence-electron chi connectivity index (χ2n) is 4.56. The van der Waals surface area contributed by atoms with E-state index in [1.807, 2.05) is 13.0 Å². The standard InChI is InChI=1S/C15H18FNS/c1-3-11-5-6-12(18-11)9-15(17)13-8-10(2)4-7-14(13)16/h4-8,15H,3,9,17H2,1-2H3. The zero-order valence-corrected chi connectivity index (χ0v) is 11.6. The number of halogens is 1. The third-order valence-corrected chi connectivity index (χ3v) is 4.29.